The molecule has 4 heteroatoms. The van der Waals surface area contributed by atoms with Crippen LogP contribution in [0.2, 0.25) is 0 Å². The minimum absolute atomic E-state index is 0.176. The molecule has 0 aromatic heterocycles. The van der Waals surface area contributed by atoms with Gasteiger partial charge in [0.15, 0.2) is 0 Å². The van der Waals surface area contributed by atoms with E-state index in [2.05, 4.69) is 41.6 Å². The third-order valence-corrected chi connectivity index (χ3v) is 5.58. The quantitative estimate of drug-likeness (QED) is 0.748. The van der Waals surface area contributed by atoms with Crippen LogP contribution in [0.1, 0.15) is 50.4 Å². The zero-order valence-electron chi connectivity index (χ0n) is 13.1. The fourth-order valence-corrected chi connectivity index (χ4v) is 4.01. The summed E-state index contributed by atoms with van der Waals surface area (Å²) in [5, 5.41) is 0. The molecular formula is C17H24BrNOS. The van der Waals surface area contributed by atoms with Gasteiger partial charge in [0, 0.05) is 33.1 Å². The molecule has 1 unspecified atom stereocenters. The molecule has 0 spiro atoms. The van der Waals surface area contributed by atoms with E-state index in [0.717, 1.165) is 35.2 Å². The van der Waals surface area contributed by atoms with Crippen molar-refractivity contribution in [3.8, 4) is 0 Å². The topological polar surface area (TPSA) is 20.3 Å². The number of carbonyl (C=O) groups excluding carboxylic acids is 1. The summed E-state index contributed by atoms with van der Waals surface area (Å²) in [5.74, 6) is 1.21. The lowest BCUT2D eigenvalue weighted by Gasteiger charge is -2.37. The Morgan fingerprint density at radius 3 is 2.81 bits per heavy atom. The minimum Gasteiger partial charge on any atom is -0.335 e. The maximum atomic E-state index is 12.8. The van der Waals surface area contributed by atoms with Crippen molar-refractivity contribution in [1.29, 1.82) is 0 Å². The SMILES string of the molecule is CC(C)(C)SCC1CCCCN1C(=O)c1cccc(Br)c1. The zero-order chi connectivity index (χ0) is 15.5. The number of hydrogen-bond acceptors (Lipinski definition) is 2. The van der Waals surface area contributed by atoms with E-state index in [0.29, 0.717) is 6.04 Å². The number of amides is 1. The lowest BCUT2D eigenvalue weighted by molar-refractivity contribution is 0.0640. The van der Waals surface area contributed by atoms with Gasteiger partial charge in [0.2, 0.25) is 0 Å². The summed E-state index contributed by atoms with van der Waals surface area (Å²) in [6, 6.07) is 8.09. The fourth-order valence-electron chi connectivity index (χ4n) is 2.57. The lowest BCUT2D eigenvalue weighted by atomic mass is 10.0. The molecule has 0 aliphatic carbocycles. The normalized spacial score (nSPS) is 19.6. The molecular weight excluding hydrogens is 346 g/mol. The van der Waals surface area contributed by atoms with E-state index in [1.165, 1.54) is 6.42 Å². The second-order valence-corrected chi connectivity index (χ2v) is 9.34. The second kappa shape index (κ2) is 7.19. The van der Waals surface area contributed by atoms with Crippen LogP contribution in [0.4, 0.5) is 0 Å². The zero-order valence-corrected chi connectivity index (χ0v) is 15.5. The van der Waals surface area contributed by atoms with Crippen molar-refractivity contribution in [2.45, 2.75) is 50.8 Å². The van der Waals surface area contributed by atoms with Gasteiger partial charge >= 0.3 is 0 Å². The predicted octanol–water partition coefficient (Wildman–Crippen LogP) is 4.98. The Bertz CT molecular complexity index is 498. The van der Waals surface area contributed by atoms with Crippen LogP contribution < -0.4 is 0 Å². The van der Waals surface area contributed by atoms with Crippen LogP contribution in [0.3, 0.4) is 0 Å². The molecule has 21 heavy (non-hydrogen) atoms. The highest BCUT2D eigenvalue weighted by atomic mass is 79.9. The van der Waals surface area contributed by atoms with Crippen molar-refractivity contribution in [3.63, 3.8) is 0 Å². The summed E-state index contributed by atoms with van der Waals surface area (Å²) in [7, 11) is 0. The number of benzene rings is 1. The molecule has 1 aromatic carbocycles. The molecule has 0 bridgehead atoms. The Hall–Kier alpha value is -0.480. The Balaban J connectivity index is 2.09. The van der Waals surface area contributed by atoms with Gasteiger partial charge in [-0.1, -0.05) is 42.8 Å². The number of nitrogens with zero attached hydrogens (tertiary/aromatic N) is 1. The maximum absolute atomic E-state index is 12.8. The smallest absolute Gasteiger partial charge is 0.254 e. The first-order chi connectivity index (χ1) is 9.87. The third kappa shape index (κ3) is 5.03. The van der Waals surface area contributed by atoms with Gasteiger partial charge in [0.1, 0.15) is 0 Å². The van der Waals surface area contributed by atoms with Crippen molar-refractivity contribution >= 4 is 33.6 Å². The molecule has 1 atom stereocenters. The van der Waals surface area contributed by atoms with E-state index in [1.807, 2.05) is 36.0 Å². The van der Waals surface area contributed by atoms with E-state index in [-0.39, 0.29) is 10.7 Å². The number of thioether (sulfide) groups is 1. The molecule has 0 radical (unpaired) electrons. The highest BCUT2D eigenvalue weighted by molar-refractivity contribution is 9.10. The van der Waals surface area contributed by atoms with Crippen molar-refractivity contribution in [2.24, 2.45) is 0 Å². The average molecular weight is 370 g/mol. The highest BCUT2D eigenvalue weighted by Crippen LogP contribution is 2.29. The van der Waals surface area contributed by atoms with Gasteiger partial charge in [0.05, 0.1) is 0 Å². The molecule has 2 rings (SSSR count). The van der Waals surface area contributed by atoms with Gasteiger partial charge in [-0.3, -0.25) is 4.79 Å². The number of piperidine rings is 1. The maximum Gasteiger partial charge on any atom is 0.254 e. The first-order valence-corrected chi connectivity index (χ1v) is 9.35. The van der Waals surface area contributed by atoms with E-state index in [9.17, 15) is 4.79 Å². The largest absolute Gasteiger partial charge is 0.335 e. The standard InChI is InChI=1S/C17H24BrNOS/c1-17(2,3)21-12-15-9-4-5-10-19(15)16(20)13-7-6-8-14(18)11-13/h6-8,11,15H,4-5,9-10,12H2,1-3H3. The summed E-state index contributed by atoms with van der Waals surface area (Å²) in [5.41, 5.74) is 0.789. The molecule has 1 heterocycles. The Morgan fingerprint density at radius 2 is 2.14 bits per heavy atom. The average Bonchev–Trinajstić information content (AvgIpc) is 2.44. The summed E-state index contributed by atoms with van der Waals surface area (Å²) in [6.45, 7) is 7.60. The fraction of sp³-hybridized carbons (Fsp3) is 0.588. The van der Waals surface area contributed by atoms with Crippen LogP contribution in [0, 0.1) is 0 Å². The molecule has 1 fully saturated rings. The molecule has 1 aliphatic heterocycles. The van der Waals surface area contributed by atoms with Gasteiger partial charge in [-0.2, -0.15) is 11.8 Å². The van der Waals surface area contributed by atoms with Gasteiger partial charge in [-0.05, 0) is 37.5 Å². The molecule has 1 amide bonds. The van der Waals surface area contributed by atoms with Gasteiger partial charge < -0.3 is 4.90 Å². The van der Waals surface area contributed by atoms with Crippen LogP contribution in [-0.2, 0) is 0 Å². The van der Waals surface area contributed by atoms with E-state index in [1.54, 1.807) is 0 Å². The number of carbonyl (C=O) groups is 1. The van der Waals surface area contributed by atoms with Gasteiger partial charge in [-0.25, -0.2) is 0 Å². The van der Waals surface area contributed by atoms with Crippen molar-refractivity contribution in [1.82, 2.24) is 4.90 Å². The van der Waals surface area contributed by atoms with Gasteiger partial charge in [-0.15, -0.1) is 0 Å². The van der Waals surface area contributed by atoms with Gasteiger partial charge in [0.25, 0.3) is 5.91 Å². The predicted molar refractivity (Wildman–Crippen MR) is 95.0 cm³/mol. The minimum atomic E-state index is 0.176. The first-order valence-electron chi connectivity index (χ1n) is 7.57. The van der Waals surface area contributed by atoms with Crippen LogP contribution in [0.15, 0.2) is 28.7 Å². The summed E-state index contributed by atoms with van der Waals surface area (Å²) in [6.07, 6.45) is 3.48. The molecule has 1 aromatic rings. The first kappa shape index (κ1) is 16.9. The molecule has 0 saturated carbocycles. The number of likely N-dealkylation sites (tertiary alicyclic amines) is 1. The number of halogens is 1. The Morgan fingerprint density at radius 1 is 1.38 bits per heavy atom. The second-order valence-electron chi connectivity index (χ2n) is 6.58. The van der Waals surface area contributed by atoms with E-state index >= 15 is 0 Å². The number of hydrogen-bond donors (Lipinski definition) is 0. The van der Waals surface area contributed by atoms with Crippen molar-refractivity contribution in [3.05, 3.63) is 34.3 Å². The highest BCUT2D eigenvalue weighted by Gasteiger charge is 2.28. The molecule has 1 aliphatic rings. The number of rotatable bonds is 3. The third-order valence-electron chi connectivity index (χ3n) is 3.67. The molecule has 116 valence electrons. The van der Waals surface area contributed by atoms with Crippen molar-refractivity contribution in [2.75, 3.05) is 12.3 Å². The Kier molecular flexibility index (Phi) is 5.78. The van der Waals surface area contributed by atoms with E-state index < -0.39 is 0 Å². The Labute approximate surface area is 140 Å². The molecule has 0 N–H and O–H groups in total. The van der Waals surface area contributed by atoms with Crippen molar-refractivity contribution < 1.29 is 4.79 Å². The van der Waals surface area contributed by atoms with Crippen LogP contribution in [-0.4, -0.2) is 33.9 Å². The molecule has 2 nitrogen and oxygen atoms in total. The monoisotopic (exact) mass is 369 g/mol. The van der Waals surface area contributed by atoms with Crippen LogP contribution >= 0.6 is 27.7 Å². The lowest BCUT2D eigenvalue weighted by Crippen LogP contribution is -2.45. The van der Waals surface area contributed by atoms with Crippen LogP contribution in [0.5, 0.6) is 0 Å². The van der Waals surface area contributed by atoms with Crippen LogP contribution in [0.25, 0.3) is 0 Å². The van der Waals surface area contributed by atoms with E-state index in [4.69, 9.17) is 0 Å². The summed E-state index contributed by atoms with van der Waals surface area (Å²) < 4.78 is 1.22. The molecule has 1 saturated heterocycles. The summed E-state index contributed by atoms with van der Waals surface area (Å²) >= 11 is 5.41. The summed E-state index contributed by atoms with van der Waals surface area (Å²) in [4.78, 5) is 14.9.